The number of benzene rings is 1. The van der Waals surface area contributed by atoms with Crippen LogP contribution in [0.25, 0.3) is 0 Å². The van der Waals surface area contributed by atoms with Gasteiger partial charge in [-0.3, -0.25) is 0 Å². The zero-order chi connectivity index (χ0) is 11.3. The van der Waals surface area contributed by atoms with E-state index in [0.29, 0.717) is 17.2 Å². The number of hydrogen-bond donors (Lipinski definition) is 0. The largest absolute Gasteiger partial charge is 0.494 e. The molecule has 0 amide bonds. The third kappa shape index (κ3) is 3.14. The fourth-order valence-electron chi connectivity index (χ4n) is 1.34. The number of hydrogen-bond acceptors (Lipinski definition) is 3. The maximum atomic E-state index is 10.3. The fraction of sp³-hybridized carbons (Fsp3) is 0.364. The molecule has 0 N–H and O–H groups in total. The van der Waals surface area contributed by atoms with E-state index < -0.39 is 0 Å². The first-order valence-electron chi connectivity index (χ1n) is 4.57. The third-order valence-corrected chi connectivity index (χ3v) is 3.07. The lowest BCUT2D eigenvalue weighted by Crippen LogP contribution is -1.92. The van der Waals surface area contributed by atoms with Crippen molar-refractivity contribution in [2.24, 2.45) is 0 Å². The van der Waals surface area contributed by atoms with Gasteiger partial charge in [-0.1, -0.05) is 11.6 Å². The van der Waals surface area contributed by atoms with Gasteiger partial charge in [-0.2, -0.15) is 0 Å². The second-order valence-electron chi connectivity index (χ2n) is 3.02. The second-order valence-corrected chi connectivity index (χ2v) is 4.27. The van der Waals surface area contributed by atoms with Crippen molar-refractivity contribution in [3.8, 4) is 5.75 Å². The molecule has 1 rings (SSSR count). The molecule has 0 aliphatic heterocycles. The van der Waals surface area contributed by atoms with Crippen LogP contribution in [0, 0.1) is 0 Å². The average Bonchev–Trinajstić information content (AvgIpc) is 2.25. The average molecular weight is 245 g/mol. The zero-order valence-corrected chi connectivity index (χ0v) is 10.3. The molecule has 0 heterocycles. The van der Waals surface area contributed by atoms with Crippen molar-refractivity contribution in [2.45, 2.75) is 17.7 Å². The van der Waals surface area contributed by atoms with Crippen LogP contribution >= 0.6 is 23.4 Å². The van der Waals surface area contributed by atoms with Crippen molar-refractivity contribution in [1.82, 2.24) is 0 Å². The maximum absolute atomic E-state index is 10.3. The van der Waals surface area contributed by atoms with E-state index in [1.54, 1.807) is 18.9 Å². The molecule has 0 saturated heterocycles. The van der Waals surface area contributed by atoms with Crippen LogP contribution in [0.15, 0.2) is 17.0 Å². The van der Waals surface area contributed by atoms with Crippen molar-refractivity contribution in [3.05, 3.63) is 22.7 Å². The minimum atomic E-state index is 0.524. The minimum Gasteiger partial charge on any atom is -0.494 e. The number of ether oxygens (including phenoxy) is 1. The molecule has 0 saturated carbocycles. The van der Waals surface area contributed by atoms with Crippen LogP contribution in [0.2, 0.25) is 5.02 Å². The number of aryl methyl sites for hydroxylation is 1. The molecule has 82 valence electrons. The van der Waals surface area contributed by atoms with Crippen molar-refractivity contribution < 1.29 is 9.53 Å². The fourth-order valence-corrected chi connectivity index (χ4v) is 2.36. The number of thioether (sulfide) groups is 1. The van der Waals surface area contributed by atoms with E-state index >= 15 is 0 Å². The molecule has 2 nitrogen and oxygen atoms in total. The highest BCUT2D eigenvalue weighted by Gasteiger charge is 2.09. The lowest BCUT2D eigenvalue weighted by molar-refractivity contribution is -0.107. The van der Waals surface area contributed by atoms with Gasteiger partial charge in [-0.05, 0) is 30.4 Å². The Morgan fingerprint density at radius 3 is 2.80 bits per heavy atom. The molecule has 0 bridgehead atoms. The summed E-state index contributed by atoms with van der Waals surface area (Å²) in [6.45, 7) is 0. The Balaban J connectivity index is 3.02. The number of rotatable bonds is 5. The maximum Gasteiger partial charge on any atom is 0.150 e. The van der Waals surface area contributed by atoms with Crippen LogP contribution in [0.4, 0.5) is 0 Å². The summed E-state index contributed by atoms with van der Waals surface area (Å²) >= 11 is 7.65. The predicted octanol–water partition coefficient (Wildman–Crippen LogP) is 3.20. The minimum absolute atomic E-state index is 0.524. The van der Waals surface area contributed by atoms with Gasteiger partial charge in [0, 0.05) is 6.42 Å². The number of carbonyl (C=O) groups is 1. The van der Waals surface area contributed by atoms with E-state index in [9.17, 15) is 4.79 Å². The van der Waals surface area contributed by atoms with Crippen LogP contribution < -0.4 is 4.74 Å². The molecule has 0 atom stereocenters. The van der Waals surface area contributed by atoms with Crippen LogP contribution in [0.5, 0.6) is 5.75 Å². The monoisotopic (exact) mass is 244 g/mol. The standard InChI is InChI=1S/C11H13ClO2S/c1-14-11-9(12)6-8(4-3-5-13)7-10(11)15-2/h5-7H,3-4H2,1-2H3. The SMILES string of the molecule is COc1c(Cl)cc(CCC=O)cc1SC. The normalized spacial score (nSPS) is 10.1. The first-order chi connectivity index (χ1) is 7.22. The van der Waals surface area contributed by atoms with Crippen molar-refractivity contribution in [1.29, 1.82) is 0 Å². The summed E-state index contributed by atoms with van der Waals surface area (Å²) in [7, 11) is 1.60. The third-order valence-electron chi connectivity index (χ3n) is 2.04. The molecular formula is C11H13ClO2S. The summed E-state index contributed by atoms with van der Waals surface area (Å²) in [4.78, 5) is 11.3. The Hall–Kier alpha value is -0.670. The van der Waals surface area contributed by atoms with Crippen LogP contribution in [0.3, 0.4) is 0 Å². The van der Waals surface area contributed by atoms with Crippen molar-refractivity contribution in [3.63, 3.8) is 0 Å². The molecule has 15 heavy (non-hydrogen) atoms. The quantitative estimate of drug-likeness (QED) is 0.588. The van der Waals surface area contributed by atoms with Gasteiger partial charge in [0.2, 0.25) is 0 Å². The lowest BCUT2D eigenvalue weighted by atomic mass is 10.1. The van der Waals surface area contributed by atoms with E-state index in [1.807, 2.05) is 18.4 Å². The topological polar surface area (TPSA) is 26.3 Å². The summed E-state index contributed by atoms with van der Waals surface area (Å²) < 4.78 is 5.20. The lowest BCUT2D eigenvalue weighted by Gasteiger charge is -2.10. The highest BCUT2D eigenvalue weighted by molar-refractivity contribution is 7.98. The van der Waals surface area contributed by atoms with Gasteiger partial charge in [0.05, 0.1) is 17.0 Å². The molecule has 4 heteroatoms. The van der Waals surface area contributed by atoms with Crippen molar-refractivity contribution in [2.75, 3.05) is 13.4 Å². The van der Waals surface area contributed by atoms with Crippen LogP contribution in [-0.4, -0.2) is 19.7 Å². The molecule has 0 spiro atoms. The van der Waals surface area contributed by atoms with E-state index in [4.69, 9.17) is 16.3 Å². The Morgan fingerprint density at radius 1 is 1.53 bits per heavy atom. The molecule has 0 radical (unpaired) electrons. The Kier molecular flexibility index (Phi) is 4.99. The second kappa shape index (κ2) is 6.03. The van der Waals surface area contributed by atoms with Gasteiger partial charge in [0.25, 0.3) is 0 Å². The van der Waals surface area contributed by atoms with Gasteiger partial charge in [0.15, 0.2) is 5.75 Å². The highest BCUT2D eigenvalue weighted by atomic mass is 35.5. The first-order valence-corrected chi connectivity index (χ1v) is 6.17. The number of halogens is 1. The predicted molar refractivity (Wildman–Crippen MR) is 64.2 cm³/mol. The highest BCUT2D eigenvalue weighted by Crippen LogP contribution is 2.35. The van der Waals surface area contributed by atoms with Crippen LogP contribution in [-0.2, 0) is 11.2 Å². The molecule has 1 aromatic rings. The summed E-state index contributed by atoms with van der Waals surface area (Å²) in [6.07, 6.45) is 4.13. The van der Waals surface area contributed by atoms with E-state index in [2.05, 4.69) is 0 Å². The molecule has 0 fully saturated rings. The number of aldehydes is 1. The molecular weight excluding hydrogens is 232 g/mol. The van der Waals surface area contributed by atoms with Gasteiger partial charge in [-0.25, -0.2) is 0 Å². The summed E-state index contributed by atoms with van der Waals surface area (Å²) in [5, 5.41) is 0.602. The molecule has 0 aliphatic rings. The number of methoxy groups -OCH3 is 1. The van der Waals surface area contributed by atoms with E-state index in [1.165, 1.54) is 0 Å². The zero-order valence-electron chi connectivity index (χ0n) is 8.75. The van der Waals surface area contributed by atoms with Crippen LogP contribution in [0.1, 0.15) is 12.0 Å². The van der Waals surface area contributed by atoms with Gasteiger partial charge < -0.3 is 9.53 Å². The summed E-state index contributed by atoms with van der Waals surface area (Å²) in [5.74, 6) is 0.707. The Morgan fingerprint density at radius 2 is 2.27 bits per heavy atom. The van der Waals surface area contributed by atoms with Crippen molar-refractivity contribution >= 4 is 29.6 Å². The van der Waals surface area contributed by atoms with E-state index in [0.717, 1.165) is 23.2 Å². The molecule has 0 unspecified atom stereocenters. The Bertz CT molecular complexity index is 353. The first kappa shape index (κ1) is 12.4. The molecule has 1 aromatic carbocycles. The smallest absolute Gasteiger partial charge is 0.150 e. The van der Waals surface area contributed by atoms with Gasteiger partial charge in [0.1, 0.15) is 6.29 Å². The van der Waals surface area contributed by atoms with Gasteiger partial charge >= 0.3 is 0 Å². The summed E-state index contributed by atoms with van der Waals surface area (Å²) in [5.41, 5.74) is 1.07. The molecule has 0 aliphatic carbocycles. The van der Waals surface area contributed by atoms with E-state index in [-0.39, 0.29) is 0 Å². The van der Waals surface area contributed by atoms with Gasteiger partial charge in [-0.15, -0.1) is 11.8 Å². The Labute approximate surface area is 99.0 Å². The number of carbonyl (C=O) groups excluding carboxylic acids is 1. The summed E-state index contributed by atoms with van der Waals surface area (Å²) in [6, 6.07) is 3.86. The molecule has 0 aromatic heterocycles.